The van der Waals surface area contributed by atoms with Crippen molar-refractivity contribution in [2.24, 2.45) is 0 Å². The van der Waals surface area contributed by atoms with Crippen molar-refractivity contribution in [3.63, 3.8) is 0 Å². The number of thioether (sulfide) groups is 2. The van der Waals surface area contributed by atoms with E-state index in [1.54, 1.807) is 18.0 Å². The third kappa shape index (κ3) is 3.27. The smallest absolute Gasteiger partial charge is 0.313 e. The van der Waals surface area contributed by atoms with Crippen molar-refractivity contribution >= 4 is 40.7 Å². The zero-order valence-electron chi connectivity index (χ0n) is 11.4. The molecule has 2 aromatic rings. The first-order chi connectivity index (χ1) is 9.67. The van der Waals surface area contributed by atoms with Crippen LogP contribution in [0, 0.1) is 0 Å². The number of carboxylic acids is 1. The highest BCUT2D eigenvalue weighted by Crippen LogP contribution is 2.29. The van der Waals surface area contributed by atoms with Crippen molar-refractivity contribution in [2.75, 3.05) is 17.8 Å². The first-order valence-electron chi connectivity index (χ1n) is 6.33. The Hall–Kier alpha value is -1.21. The zero-order valence-corrected chi connectivity index (χ0v) is 13.1. The Labute approximate surface area is 126 Å². The molecule has 0 aliphatic rings. The second-order valence-electron chi connectivity index (χ2n) is 4.31. The van der Waals surface area contributed by atoms with Crippen LogP contribution >= 0.6 is 23.5 Å². The van der Waals surface area contributed by atoms with Gasteiger partial charge in [-0.25, -0.2) is 9.97 Å². The topological polar surface area (TPSA) is 68.0 Å². The molecule has 0 aliphatic carbocycles. The fourth-order valence-electron chi connectivity index (χ4n) is 2.03. The van der Waals surface area contributed by atoms with Crippen LogP contribution in [0.3, 0.4) is 0 Å². The number of pyridine rings is 1. The highest BCUT2D eigenvalue weighted by molar-refractivity contribution is 7.99. The largest absolute Gasteiger partial charge is 0.481 e. The van der Waals surface area contributed by atoms with Crippen LogP contribution in [0.2, 0.25) is 0 Å². The number of hydrogen-bond acceptors (Lipinski definition) is 5. The van der Waals surface area contributed by atoms with E-state index in [4.69, 9.17) is 5.11 Å². The van der Waals surface area contributed by atoms with Crippen molar-refractivity contribution in [3.8, 4) is 0 Å². The fraction of sp³-hybridized carbons (Fsp3) is 0.462. The minimum atomic E-state index is -0.834. The summed E-state index contributed by atoms with van der Waals surface area (Å²) in [5.41, 5.74) is 1.65. The van der Waals surface area contributed by atoms with Crippen molar-refractivity contribution in [2.45, 2.75) is 24.5 Å². The number of carboxylic acid groups (broad SMARTS) is 1. The van der Waals surface area contributed by atoms with Crippen LogP contribution in [0.5, 0.6) is 0 Å². The van der Waals surface area contributed by atoms with Gasteiger partial charge in [0.1, 0.15) is 5.52 Å². The van der Waals surface area contributed by atoms with E-state index in [2.05, 4.69) is 27.7 Å². The van der Waals surface area contributed by atoms with E-state index in [1.165, 1.54) is 11.8 Å². The molecule has 108 valence electrons. The fourth-order valence-corrected chi connectivity index (χ4v) is 3.59. The normalized spacial score (nSPS) is 12.7. The standard InChI is InChI=1S/C13H17N3O2S2/c1-3-9(7-19-2)16-12-10(5-4-6-14-12)15-13(16)20-8-11(17)18/h4-6,9H,3,7-8H2,1-2H3,(H,17,18). The number of rotatable bonds is 7. The van der Waals surface area contributed by atoms with Gasteiger partial charge < -0.3 is 5.11 Å². The molecule has 0 bridgehead atoms. The Bertz CT molecular complexity index is 600. The summed E-state index contributed by atoms with van der Waals surface area (Å²) in [4.78, 5) is 19.7. The SMILES string of the molecule is CCC(CSC)n1c(SCC(=O)O)nc2cccnc21. The number of imidazole rings is 1. The molecule has 2 aromatic heterocycles. The molecule has 0 fully saturated rings. The van der Waals surface area contributed by atoms with Crippen LogP contribution in [-0.2, 0) is 4.79 Å². The molecule has 1 atom stereocenters. The maximum atomic E-state index is 10.8. The lowest BCUT2D eigenvalue weighted by molar-refractivity contribution is -0.133. The first-order valence-corrected chi connectivity index (χ1v) is 8.71. The van der Waals surface area contributed by atoms with Crippen LogP contribution in [0.25, 0.3) is 11.2 Å². The van der Waals surface area contributed by atoms with Gasteiger partial charge in [0.2, 0.25) is 0 Å². The number of hydrogen-bond donors (Lipinski definition) is 1. The summed E-state index contributed by atoms with van der Waals surface area (Å²) in [5, 5.41) is 9.60. The van der Waals surface area contributed by atoms with E-state index in [9.17, 15) is 4.79 Å². The number of aliphatic carboxylic acids is 1. The maximum absolute atomic E-state index is 10.8. The maximum Gasteiger partial charge on any atom is 0.313 e. The van der Waals surface area contributed by atoms with Crippen LogP contribution in [0.4, 0.5) is 0 Å². The first kappa shape index (κ1) is 15.2. The van der Waals surface area contributed by atoms with E-state index < -0.39 is 5.97 Å². The van der Waals surface area contributed by atoms with Gasteiger partial charge in [-0.1, -0.05) is 18.7 Å². The molecule has 0 saturated carbocycles. The number of fused-ring (bicyclic) bond motifs is 1. The van der Waals surface area contributed by atoms with Gasteiger partial charge >= 0.3 is 5.97 Å². The molecule has 1 unspecified atom stereocenters. The van der Waals surface area contributed by atoms with Gasteiger partial charge in [0.25, 0.3) is 0 Å². The monoisotopic (exact) mass is 311 g/mol. The van der Waals surface area contributed by atoms with Crippen LogP contribution in [-0.4, -0.2) is 43.4 Å². The molecule has 0 saturated heterocycles. The quantitative estimate of drug-likeness (QED) is 0.793. The van der Waals surface area contributed by atoms with Crippen molar-refractivity contribution in [1.29, 1.82) is 0 Å². The van der Waals surface area contributed by atoms with E-state index >= 15 is 0 Å². The summed E-state index contributed by atoms with van der Waals surface area (Å²) in [5.74, 6) is 0.137. The van der Waals surface area contributed by atoms with E-state index in [-0.39, 0.29) is 11.8 Å². The average molecular weight is 311 g/mol. The van der Waals surface area contributed by atoms with E-state index in [0.29, 0.717) is 0 Å². The van der Waals surface area contributed by atoms with Crippen LogP contribution < -0.4 is 0 Å². The van der Waals surface area contributed by atoms with Crippen molar-refractivity contribution < 1.29 is 9.90 Å². The Morgan fingerprint density at radius 3 is 3.00 bits per heavy atom. The molecule has 2 heterocycles. The lowest BCUT2D eigenvalue weighted by Gasteiger charge is -2.18. The molecule has 20 heavy (non-hydrogen) atoms. The molecular formula is C13H17N3O2S2. The van der Waals surface area contributed by atoms with Gasteiger partial charge in [-0.05, 0) is 24.8 Å². The van der Waals surface area contributed by atoms with Gasteiger partial charge in [-0.3, -0.25) is 9.36 Å². The molecule has 2 rings (SSSR count). The van der Waals surface area contributed by atoms with Crippen molar-refractivity contribution in [3.05, 3.63) is 18.3 Å². The van der Waals surface area contributed by atoms with Crippen LogP contribution in [0.1, 0.15) is 19.4 Å². The Morgan fingerprint density at radius 1 is 1.55 bits per heavy atom. The average Bonchev–Trinajstić information content (AvgIpc) is 2.81. The summed E-state index contributed by atoms with van der Waals surface area (Å²) >= 11 is 3.03. The Morgan fingerprint density at radius 2 is 2.35 bits per heavy atom. The van der Waals surface area contributed by atoms with Crippen molar-refractivity contribution in [1.82, 2.24) is 14.5 Å². The highest BCUT2D eigenvalue weighted by Gasteiger charge is 2.19. The number of carbonyl (C=O) groups is 1. The van der Waals surface area contributed by atoms with Gasteiger partial charge in [0.05, 0.1) is 5.75 Å². The second kappa shape index (κ2) is 6.99. The van der Waals surface area contributed by atoms with Gasteiger partial charge in [0.15, 0.2) is 10.8 Å². The summed E-state index contributed by atoms with van der Waals surface area (Å²) < 4.78 is 2.08. The Kier molecular flexibility index (Phi) is 5.31. The van der Waals surface area contributed by atoms with Gasteiger partial charge in [-0.2, -0.15) is 11.8 Å². The van der Waals surface area contributed by atoms with Gasteiger partial charge in [-0.15, -0.1) is 0 Å². The molecular weight excluding hydrogens is 294 g/mol. The molecule has 0 aromatic carbocycles. The molecule has 1 N–H and O–H groups in total. The minimum Gasteiger partial charge on any atom is -0.481 e. The summed E-state index contributed by atoms with van der Waals surface area (Å²) in [6.45, 7) is 2.13. The highest BCUT2D eigenvalue weighted by atomic mass is 32.2. The van der Waals surface area contributed by atoms with Crippen LogP contribution in [0.15, 0.2) is 23.5 Å². The second-order valence-corrected chi connectivity index (χ2v) is 6.16. The predicted molar refractivity (Wildman–Crippen MR) is 83.6 cm³/mol. The molecule has 7 heteroatoms. The minimum absolute atomic E-state index is 0.0129. The summed E-state index contributed by atoms with van der Waals surface area (Å²) in [7, 11) is 0. The Balaban J connectivity index is 2.45. The summed E-state index contributed by atoms with van der Waals surface area (Å²) in [6, 6.07) is 4.04. The van der Waals surface area contributed by atoms with Gasteiger partial charge in [0, 0.05) is 18.0 Å². The van der Waals surface area contributed by atoms with E-state index in [1.807, 2.05) is 12.1 Å². The summed E-state index contributed by atoms with van der Waals surface area (Å²) in [6.07, 6.45) is 4.78. The lowest BCUT2D eigenvalue weighted by atomic mass is 10.2. The predicted octanol–water partition coefficient (Wildman–Crippen LogP) is 2.92. The molecule has 0 spiro atoms. The molecule has 0 aliphatic heterocycles. The zero-order chi connectivity index (χ0) is 14.5. The third-order valence-electron chi connectivity index (χ3n) is 2.94. The lowest BCUT2D eigenvalue weighted by Crippen LogP contribution is -2.13. The molecule has 5 nitrogen and oxygen atoms in total. The molecule has 0 radical (unpaired) electrons. The number of nitrogens with zero attached hydrogens (tertiary/aromatic N) is 3. The number of aromatic nitrogens is 3. The van der Waals surface area contributed by atoms with E-state index in [0.717, 1.165) is 28.5 Å². The molecule has 0 amide bonds. The third-order valence-corrected chi connectivity index (χ3v) is 4.59.